The van der Waals surface area contributed by atoms with Crippen LogP contribution in [-0.2, 0) is 9.53 Å². The molecule has 0 spiro atoms. The van der Waals surface area contributed by atoms with Crippen LogP contribution in [0.4, 0.5) is 0 Å². The SMILES string of the molecule is COC(=O)C[C@H](O)C[C@H](O)C(C)C. The van der Waals surface area contributed by atoms with Gasteiger partial charge in [0.05, 0.1) is 25.7 Å². The van der Waals surface area contributed by atoms with Crippen molar-refractivity contribution in [3.63, 3.8) is 0 Å². The number of ether oxygens (including phenoxy) is 1. The summed E-state index contributed by atoms with van der Waals surface area (Å²) in [5, 5.41) is 18.7. The molecule has 0 radical (unpaired) electrons. The minimum atomic E-state index is -0.815. The van der Waals surface area contributed by atoms with Gasteiger partial charge in [-0.2, -0.15) is 0 Å². The number of rotatable bonds is 5. The van der Waals surface area contributed by atoms with Crippen molar-refractivity contribution in [1.29, 1.82) is 0 Å². The van der Waals surface area contributed by atoms with Gasteiger partial charge in [-0.25, -0.2) is 0 Å². The highest BCUT2D eigenvalue weighted by atomic mass is 16.5. The van der Waals surface area contributed by atoms with Gasteiger partial charge < -0.3 is 14.9 Å². The Morgan fingerprint density at radius 2 is 1.92 bits per heavy atom. The summed E-state index contributed by atoms with van der Waals surface area (Å²) in [6.07, 6.45) is -1.22. The summed E-state index contributed by atoms with van der Waals surface area (Å²) in [6.45, 7) is 3.71. The summed E-state index contributed by atoms with van der Waals surface area (Å²) >= 11 is 0. The van der Waals surface area contributed by atoms with Crippen LogP contribution in [0.25, 0.3) is 0 Å². The normalized spacial score (nSPS) is 15.5. The second-order valence-electron chi connectivity index (χ2n) is 3.48. The highest BCUT2D eigenvalue weighted by Crippen LogP contribution is 2.10. The molecule has 0 saturated carbocycles. The van der Waals surface area contributed by atoms with Crippen molar-refractivity contribution >= 4 is 5.97 Å². The Bertz CT molecular complexity index is 156. The van der Waals surface area contributed by atoms with Crippen molar-refractivity contribution < 1.29 is 19.7 Å². The lowest BCUT2D eigenvalue weighted by Gasteiger charge is -2.17. The predicted molar refractivity (Wildman–Crippen MR) is 48.1 cm³/mol. The van der Waals surface area contributed by atoms with E-state index in [9.17, 15) is 15.0 Å². The molecule has 4 heteroatoms. The molecule has 0 aromatic carbocycles. The number of methoxy groups -OCH3 is 1. The molecule has 0 aliphatic heterocycles. The number of hydrogen-bond acceptors (Lipinski definition) is 4. The van der Waals surface area contributed by atoms with E-state index in [0.717, 1.165) is 0 Å². The second-order valence-corrected chi connectivity index (χ2v) is 3.48. The van der Waals surface area contributed by atoms with Gasteiger partial charge in [0.15, 0.2) is 0 Å². The molecular weight excluding hydrogens is 172 g/mol. The molecule has 13 heavy (non-hydrogen) atoms. The fraction of sp³-hybridized carbons (Fsp3) is 0.889. The third-order valence-corrected chi connectivity index (χ3v) is 1.91. The minimum Gasteiger partial charge on any atom is -0.469 e. The maximum absolute atomic E-state index is 10.7. The van der Waals surface area contributed by atoms with Gasteiger partial charge in [0.2, 0.25) is 0 Å². The summed E-state index contributed by atoms with van der Waals surface area (Å²) in [7, 11) is 1.27. The Morgan fingerprint density at radius 1 is 1.38 bits per heavy atom. The molecule has 0 unspecified atom stereocenters. The van der Waals surface area contributed by atoms with Crippen molar-refractivity contribution in [2.75, 3.05) is 7.11 Å². The molecule has 78 valence electrons. The van der Waals surface area contributed by atoms with Gasteiger partial charge >= 0.3 is 5.97 Å². The first kappa shape index (κ1) is 12.4. The lowest BCUT2D eigenvalue weighted by Crippen LogP contribution is -2.24. The first-order chi connectivity index (χ1) is 5.97. The Kier molecular flexibility index (Phi) is 5.66. The third kappa shape index (κ3) is 5.60. The minimum absolute atomic E-state index is 0.0553. The topological polar surface area (TPSA) is 66.8 Å². The number of carbonyl (C=O) groups excluding carboxylic acids is 1. The van der Waals surface area contributed by atoms with E-state index in [1.54, 1.807) is 0 Å². The van der Waals surface area contributed by atoms with E-state index in [0.29, 0.717) is 0 Å². The monoisotopic (exact) mass is 190 g/mol. The number of hydrogen-bond donors (Lipinski definition) is 2. The molecule has 2 N–H and O–H groups in total. The molecule has 2 atom stereocenters. The molecule has 0 rings (SSSR count). The van der Waals surface area contributed by atoms with Gasteiger partial charge in [-0.3, -0.25) is 4.79 Å². The van der Waals surface area contributed by atoms with Crippen LogP contribution in [0.1, 0.15) is 26.7 Å². The predicted octanol–water partition coefficient (Wildman–Crippen LogP) is 0.317. The van der Waals surface area contributed by atoms with Crippen LogP contribution in [0.15, 0.2) is 0 Å². The van der Waals surface area contributed by atoms with Gasteiger partial charge in [-0.1, -0.05) is 13.8 Å². The van der Waals surface area contributed by atoms with E-state index < -0.39 is 18.2 Å². The molecule has 0 saturated heterocycles. The molecular formula is C9H18O4. The third-order valence-electron chi connectivity index (χ3n) is 1.91. The van der Waals surface area contributed by atoms with E-state index in [4.69, 9.17) is 0 Å². The molecule has 0 aromatic heterocycles. The quantitative estimate of drug-likeness (QED) is 0.613. The highest BCUT2D eigenvalue weighted by Gasteiger charge is 2.17. The van der Waals surface area contributed by atoms with Crippen LogP contribution in [-0.4, -0.2) is 35.5 Å². The van der Waals surface area contributed by atoms with E-state index >= 15 is 0 Å². The van der Waals surface area contributed by atoms with Gasteiger partial charge in [0, 0.05) is 6.42 Å². The molecule has 0 amide bonds. The van der Waals surface area contributed by atoms with Crippen molar-refractivity contribution in [2.24, 2.45) is 5.92 Å². The fourth-order valence-corrected chi connectivity index (χ4v) is 0.910. The summed E-state index contributed by atoms with van der Waals surface area (Å²) in [5.74, 6) is -0.365. The number of aliphatic hydroxyl groups excluding tert-OH is 2. The first-order valence-corrected chi connectivity index (χ1v) is 4.40. The van der Waals surface area contributed by atoms with Gasteiger partial charge in [-0.15, -0.1) is 0 Å². The summed E-state index contributed by atoms with van der Waals surface area (Å²) in [6, 6.07) is 0. The molecule has 0 aliphatic carbocycles. The van der Waals surface area contributed by atoms with Crippen LogP contribution < -0.4 is 0 Å². The van der Waals surface area contributed by atoms with Gasteiger partial charge in [0.25, 0.3) is 0 Å². The number of carbonyl (C=O) groups is 1. The highest BCUT2D eigenvalue weighted by molar-refractivity contribution is 5.69. The molecule has 4 nitrogen and oxygen atoms in total. The largest absolute Gasteiger partial charge is 0.469 e. The van der Waals surface area contributed by atoms with Gasteiger partial charge in [0.1, 0.15) is 0 Å². The number of aliphatic hydroxyl groups is 2. The smallest absolute Gasteiger partial charge is 0.308 e. The summed E-state index contributed by atoms with van der Waals surface area (Å²) in [4.78, 5) is 10.7. The Labute approximate surface area is 78.5 Å². The zero-order chi connectivity index (χ0) is 10.4. The van der Waals surface area contributed by atoms with Crippen molar-refractivity contribution in [3.05, 3.63) is 0 Å². The van der Waals surface area contributed by atoms with Crippen LogP contribution in [0.3, 0.4) is 0 Å². The van der Waals surface area contributed by atoms with E-state index in [2.05, 4.69) is 4.74 Å². The fourth-order valence-electron chi connectivity index (χ4n) is 0.910. The zero-order valence-corrected chi connectivity index (χ0v) is 8.36. The van der Waals surface area contributed by atoms with Crippen LogP contribution >= 0.6 is 0 Å². The van der Waals surface area contributed by atoms with Crippen molar-refractivity contribution in [2.45, 2.75) is 38.9 Å². The van der Waals surface area contributed by atoms with Crippen molar-refractivity contribution in [3.8, 4) is 0 Å². The molecule has 0 heterocycles. The maximum Gasteiger partial charge on any atom is 0.308 e. The van der Waals surface area contributed by atoms with Crippen LogP contribution in [0.2, 0.25) is 0 Å². The molecule has 0 aliphatic rings. The van der Waals surface area contributed by atoms with Crippen molar-refractivity contribution in [1.82, 2.24) is 0 Å². The average molecular weight is 190 g/mol. The van der Waals surface area contributed by atoms with E-state index in [-0.39, 0.29) is 18.8 Å². The van der Waals surface area contributed by atoms with Gasteiger partial charge in [-0.05, 0) is 5.92 Å². The molecule has 0 bridgehead atoms. The lowest BCUT2D eigenvalue weighted by molar-refractivity contribution is -0.143. The molecule has 0 fully saturated rings. The first-order valence-electron chi connectivity index (χ1n) is 4.40. The lowest BCUT2D eigenvalue weighted by atomic mass is 10.00. The Hall–Kier alpha value is -0.610. The average Bonchev–Trinajstić information content (AvgIpc) is 2.03. The number of esters is 1. The van der Waals surface area contributed by atoms with Crippen LogP contribution in [0, 0.1) is 5.92 Å². The zero-order valence-electron chi connectivity index (χ0n) is 8.36. The van der Waals surface area contributed by atoms with Crippen LogP contribution in [0.5, 0.6) is 0 Å². The van der Waals surface area contributed by atoms with E-state index in [1.807, 2.05) is 13.8 Å². The van der Waals surface area contributed by atoms with E-state index in [1.165, 1.54) is 7.11 Å². The summed E-state index contributed by atoms with van der Waals surface area (Å²) in [5.41, 5.74) is 0. The maximum atomic E-state index is 10.7. The standard InChI is InChI=1S/C9H18O4/c1-6(2)8(11)4-7(10)5-9(12)13-3/h6-8,10-11H,4-5H2,1-3H3/t7-,8+/m1/s1. The Balaban J connectivity index is 3.73. The Morgan fingerprint density at radius 3 is 2.31 bits per heavy atom. The second kappa shape index (κ2) is 5.94. The summed E-state index contributed by atoms with van der Waals surface area (Å²) < 4.78 is 4.38. The molecule has 0 aromatic rings.